The molecule has 0 spiro atoms. The molecule has 2 heterocycles. The number of aryl methyl sites for hydroxylation is 2. The first kappa shape index (κ1) is 18.9. The standard InChI is InChI=1S/C21H22IN5O/c22-16-10-12-18(13-11-16)26(21(28)23-17-7-3-1-4-8-17)15-19-24-20-9-5-2-6-14-27(20)25-19/h1,3-4,7-8,10-13H,2,5-6,9,14-15H2,(H,23,28). The van der Waals surface area contributed by atoms with Gasteiger partial charge in [0.1, 0.15) is 5.82 Å². The maximum absolute atomic E-state index is 13.1. The molecule has 1 aliphatic rings. The van der Waals surface area contributed by atoms with Crippen LogP contribution in [0, 0.1) is 3.57 Å². The highest BCUT2D eigenvalue weighted by Gasteiger charge is 2.20. The van der Waals surface area contributed by atoms with E-state index in [2.05, 4.69) is 33.0 Å². The van der Waals surface area contributed by atoms with Crippen LogP contribution in [0.15, 0.2) is 54.6 Å². The quantitative estimate of drug-likeness (QED) is 0.536. The third-order valence-corrected chi connectivity index (χ3v) is 5.49. The number of anilines is 2. The van der Waals surface area contributed by atoms with Gasteiger partial charge >= 0.3 is 6.03 Å². The van der Waals surface area contributed by atoms with E-state index in [0.717, 1.165) is 46.6 Å². The summed E-state index contributed by atoms with van der Waals surface area (Å²) in [5, 5.41) is 7.64. The fourth-order valence-corrected chi connectivity index (χ4v) is 3.69. The smallest absolute Gasteiger partial charge is 0.308 e. The average molecular weight is 487 g/mol. The SMILES string of the molecule is O=C(Nc1ccccc1)N(Cc1nc2n(n1)CCCCC2)c1ccc(I)cc1. The molecule has 0 atom stereocenters. The molecule has 2 amide bonds. The highest BCUT2D eigenvalue weighted by molar-refractivity contribution is 14.1. The molecule has 6 nitrogen and oxygen atoms in total. The van der Waals surface area contributed by atoms with Gasteiger partial charge in [0.2, 0.25) is 0 Å². The van der Waals surface area contributed by atoms with Crippen molar-refractivity contribution in [3.63, 3.8) is 0 Å². The molecular formula is C21H22IN5O. The van der Waals surface area contributed by atoms with Crippen molar-refractivity contribution in [1.82, 2.24) is 14.8 Å². The van der Waals surface area contributed by atoms with Crippen LogP contribution in [-0.2, 0) is 19.5 Å². The van der Waals surface area contributed by atoms with E-state index in [0.29, 0.717) is 12.4 Å². The summed E-state index contributed by atoms with van der Waals surface area (Å²) >= 11 is 2.26. The predicted octanol–water partition coefficient (Wildman–Crippen LogP) is 4.85. The molecule has 0 unspecified atom stereocenters. The van der Waals surface area contributed by atoms with E-state index in [1.54, 1.807) is 4.90 Å². The zero-order valence-electron chi connectivity index (χ0n) is 15.5. The van der Waals surface area contributed by atoms with Crippen molar-refractivity contribution in [2.24, 2.45) is 0 Å². The number of aromatic nitrogens is 3. The minimum absolute atomic E-state index is 0.197. The number of urea groups is 1. The molecule has 7 heteroatoms. The number of halogens is 1. The Hall–Kier alpha value is -2.42. The number of para-hydroxylation sites is 1. The van der Waals surface area contributed by atoms with Crippen molar-refractivity contribution in [2.45, 2.75) is 38.8 Å². The number of hydrogen-bond acceptors (Lipinski definition) is 3. The summed E-state index contributed by atoms with van der Waals surface area (Å²) in [4.78, 5) is 19.5. The van der Waals surface area contributed by atoms with Crippen LogP contribution in [0.4, 0.5) is 16.2 Å². The minimum atomic E-state index is -0.197. The molecule has 4 rings (SSSR count). The second-order valence-electron chi connectivity index (χ2n) is 6.84. The van der Waals surface area contributed by atoms with E-state index in [-0.39, 0.29) is 6.03 Å². The highest BCUT2D eigenvalue weighted by atomic mass is 127. The maximum Gasteiger partial charge on any atom is 0.326 e. The topological polar surface area (TPSA) is 63.1 Å². The molecule has 0 aliphatic carbocycles. The van der Waals surface area contributed by atoms with Crippen molar-refractivity contribution < 1.29 is 4.79 Å². The molecule has 0 fully saturated rings. The van der Waals surface area contributed by atoms with Crippen molar-refractivity contribution in [1.29, 1.82) is 0 Å². The molecular weight excluding hydrogens is 465 g/mol. The summed E-state index contributed by atoms with van der Waals surface area (Å²) in [6.45, 7) is 1.24. The Bertz CT molecular complexity index is 916. The molecule has 1 aromatic heterocycles. The van der Waals surface area contributed by atoms with Gasteiger partial charge in [-0.05, 0) is 71.8 Å². The minimum Gasteiger partial charge on any atom is -0.308 e. The van der Waals surface area contributed by atoms with E-state index < -0.39 is 0 Å². The lowest BCUT2D eigenvalue weighted by Gasteiger charge is -2.22. The van der Waals surface area contributed by atoms with E-state index in [1.165, 1.54) is 6.42 Å². The van der Waals surface area contributed by atoms with Gasteiger partial charge in [0.25, 0.3) is 0 Å². The number of amides is 2. The number of nitrogens with zero attached hydrogens (tertiary/aromatic N) is 4. The van der Waals surface area contributed by atoms with Crippen LogP contribution in [0.2, 0.25) is 0 Å². The molecule has 0 bridgehead atoms. The van der Waals surface area contributed by atoms with E-state index in [4.69, 9.17) is 4.98 Å². The van der Waals surface area contributed by atoms with Gasteiger partial charge in [-0.15, -0.1) is 0 Å². The van der Waals surface area contributed by atoms with Crippen molar-refractivity contribution in [2.75, 3.05) is 10.2 Å². The largest absolute Gasteiger partial charge is 0.326 e. The highest BCUT2D eigenvalue weighted by Crippen LogP contribution is 2.21. The second kappa shape index (κ2) is 8.72. The number of rotatable bonds is 4. The summed E-state index contributed by atoms with van der Waals surface area (Å²) < 4.78 is 3.13. The Morgan fingerprint density at radius 1 is 1.07 bits per heavy atom. The lowest BCUT2D eigenvalue weighted by molar-refractivity contribution is 0.256. The van der Waals surface area contributed by atoms with Crippen LogP contribution < -0.4 is 10.2 Å². The fourth-order valence-electron chi connectivity index (χ4n) is 3.33. The first-order valence-electron chi connectivity index (χ1n) is 9.51. The van der Waals surface area contributed by atoms with Crippen molar-refractivity contribution >= 4 is 40.0 Å². The Labute approximate surface area is 178 Å². The first-order valence-corrected chi connectivity index (χ1v) is 10.6. The Balaban J connectivity index is 1.59. The van der Waals surface area contributed by atoms with Gasteiger partial charge in [0, 0.05) is 27.9 Å². The van der Waals surface area contributed by atoms with E-state index >= 15 is 0 Å². The maximum atomic E-state index is 13.1. The first-order chi connectivity index (χ1) is 13.7. The van der Waals surface area contributed by atoms with Crippen LogP contribution in [-0.4, -0.2) is 20.8 Å². The molecule has 144 valence electrons. The normalized spacial score (nSPS) is 13.5. The molecule has 0 saturated heterocycles. The van der Waals surface area contributed by atoms with E-state index in [1.807, 2.05) is 59.3 Å². The number of fused-ring (bicyclic) bond motifs is 1. The van der Waals surface area contributed by atoms with Gasteiger partial charge in [-0.25, -0.2) is 14.5 Å². The number of carbonyl (C=O) groups is 1. The van der Waals surface area contributed by atoms with Crippen molar-refractivity contribution in [3.05, 3.63) is 69.8 Å². The summed E-state index contributed by atoms with van der Waals surface area (Å²) in [7, 11) is 0. The molecule has 28 heavy (non-hydrogen) atoms. The fraction of sp³-hybridized carbons (Fsp3) is 0.286. The van der Waals surface area contributed by atoms with Crippen LogP contribution >= 0.6 is 22.6 Å². The van der Waals surface area contributed by atoms with Crippen LogP contribution in [0.1, 0.15) is 30.9 Å². The lowest BCUT2D eigenvalue weighted by atomic mass is 10.2. The molecule has 0 saturated carbocycles. The molecule has 1 N–H and O–H groups in total. The predicted molar refractivity (Wildman–Crippen MR) is 118 cm³/mol. The van der Waals surface area contributed by atoms with Crippen molar-refractivity contribution in [3.8, 4) is 0 Å². The van der Waals surface area contributed by atoms with Gasteiger partial charge in [-0.1, -0.05) is 24.6 Å². The third kappa shape index (κ3) is 4.52. The summed E-state index contributed by atoms with van der Waals surface area (Å²) in [6, 6.07) is 17.2. The van der Waals surface area contributed by atoms with Gasteiger partial charge in [0.15, 0.2) is 5.82 Å². The molecule has 1 aliphatic heterocycles. The second-order valence-corrected chi connectivity index (χ2v) is 8.08. The number of carbonyl (C=O) groups excluding carboxylic acids is 1. The van der Waals surface area contributed by atoms with Gasteiger partial charge in [-0.3, -0.25) is 4.90 Å². The Kier molecular flexibility index (Phi) is 5.90. The van der Waals surface area contributed by atoms with Crippen LogP contribution in [0.3, 0.4) is 0 Å². The summed E-state index contributed by atoms with van der Waals surface area (Å²) in [5.74, 6) is 1.71. The van der Waals surface area contributed by atoms with Gasteiger partial charge in [0.05, 0.1) is 6.54 Å². The number of nitrogens with one attached hydrogen (secondary N) is 1. The third-order valence-electron chi connectivity index (χ3n) is 4.77. The van der Waals surface area contributed by atoms with Gasteiger partial charge in [-0.2, -0.15) is 5.10 Å². The molecule has 2 aromatic carbocycles. The van der Waals surface area contributed by atoms with Gasteiger partial charge < -0.3 is 5.32 Å². The van der Waals surface area contributed by atoms with E-state index in [9.17, 15) is 4.79 Å². The summed E-state index contributed by atoms with van der Waals surface area (Å²) in [5.41, 5.74) is 1.58. The average Bonchev–Trinajstić information content (AvgIpc) is 2.96. The summed E-state index contributed by atoms with van der Waals surface area (Å²) in [6.07, 6.45) is 4.44. The number of hydrogen-bond donors (Lipinski definition) is 1. The van der Waals surface area contributed by atoms with Crippen LogP contribution in [0.25, 0.3) is 0 Å². The lowest BCUT2D eigenvalue weighted by Crippen LogP contribution is -2.35. The Morgan fingerprint density at radius 3 is 2.64 bits per heavy atom. The zero-order valence-corrected chi connectivity index (χ0v) is 17.7. The Morgan fingerprint density at radius 2 is 1.86 bits per heavy atom. The molecule has 3 aromatic rings. The zero-order chi connectivity index (χ0) is 19.3. The number of benzene rings is 2. The molecule has 0 radical (unpaired) electrons. The van der Waals surface area contributed by atoms with Crippen LogP contribution in [0.5, 0.6) is 0 Å². The monoisotopic (exact) mass is 487 g/mol.